The summed E-state index contributed by atoms with van der Waals surface area (Å²) in [6, 6.07) is 10.1. The van der Waals surface area contributed by atoms with Crippen molar-refractivity contribution >= 4 is 11.6 Å². The van der Waals surface area contributed by atoms with Crippen molar-refractivity contribution in [3.8, 4) is 0 Å². The van der Waals surface area contributed by atoms with Crippen LogP contribution >= 0.6 is 11.6 Å². The largest absolute Gasteiger partial charge is 0.376 e. The summed E-state index contributed by atoms with van der Waals surface area (Å²) in [4.78, 5) is 0. The minimum Gasteiger partial charge on any atom is -0.376 e. The SMILES string of the molecule is C=CC1COC/C1=C(/Cl)COCc1ccccc1. The van der Waals surface area contributed by atoms with Crippen molar-refractivity contribution in [1.82, 2.24) is 0 Å². The molecule has 1 fully saturated rings. The molecule has 0 radical (unpaired) electrons. The van der Waals surface area contributed by atoms with Gasteiger partial charge in [0.25, 0.3) is 0 Å². The first-order valence-electron chi connectivity index (χ1n) is 6.00. The molecule has 1 saturated heterocycles. The van der Waals surface area contributed by atoms with Gasteiger partial charge in [0.05, 0.1) is 26.4 Å². The molecule has 1 aromatic rings. The number of hydrogen-bond donors (Lipinski definition) is 0. The van der Waals surface area contributed by atoms with Crippen LogP contribution in [0.15, 0.2) is 53.6 Å². The molecular formula is C15H17ClO2. The first-order chi connectivity index (χ1) is 8.81. The van der Waals surface area contributed by atoms with Crippen molar-refractivity contribution in [3.05, 3.63) is 59.2 Å². The fraction of sp³-hybridized carbons (Fsp3) is 0.333. The van der Waals surface area contributed by atoms with E-state index in [1.54, 1.807) is 0 Å². The summed E-state index contributed by atoms with van der Waals surface area (Å²) in [7, 11) is 0. The molecule has 3 heteroatoms. The Hall–Kier alpha value is -1.09. The Labute approximate surface area is 113 Å². The second kappa shape index (κ2) is 6.74. The van der Waals surface area contributed by atoms with Gasteiger partial charge in [0.1, 0.15) is 0 Å². The van der Waals surface area contributed by atoms with Crippen molar-refractivity contribution in [2.45, 2.75) is 6.61 Å². The maximum absolute atomic E-state index is 6.25. The maximum Gasteiger partial charge on any atom is 0.0828 e. The molecule has 96 valence electrons. The Morgan fingerprint density at radius 1 is 1.44 bits per heavy atom. The molecule has 1 unspecified atom stereocenters. The lowest BCUT2D eigenvalue weighted by atomic mass is 10.0. The Morgan fingerprint density at radius 3 is 2.94 bits per heavy atom. The molecule has 1 aromatic carbocycles. The van der Waals surface area contributed by atoms with Crippen molar-refractivity contribution in [2.24, 2.45) is 5.92 Å². The van der Waals surface area contributed by atoms with E-state index in [2.05, 4.69) is 6.58 Å². The molecule has 2 rings (SSSR count). The average molecular weight is 265 g/mol. The van der Waals surface area contributed by atoms with E-state index in [1.807, 2.05) is 36.4 Å². The minimum atomic E-state index is 0.234. The number of rotatable bonds is 5. The highest BCUT2D eigenvalue weighted by Crippen LogP contribution is 2.26. The summed E-state index contributed by atoms with van der Waals surface area (Å²) in [5.41, 5.74) is 2.25. The van der Waals surface area contributed by atoms with Crippen molar-refractivity contribution < 1.29 is 9.47 Å². The number of halogens is 1. The molecule has 0 N–H and O–H groups in total. The lowest BCUT2D eigenvalue weighted by molar-refractivity contribution is 0.145. The van der Waals surface area contributed by atoms with Crippen LogP contribution in [0.25, 0.3) is 0 Å². The second-order valence-electron chi connectivity index (χ2n) is 4.27. The molecule has 0 aromatic heterocycles. The summed E-state index contributed by atoms with van der Waals surface area (Å²) < 4.78 is 11.0. The molecule has 18 heavy (non-hydrogen) atoms. The molecular weight excluding hydrogens is 248 g/mol. The zero-order valence-electron chi connectivity index (χ0n) is 10.3. The molecule has 0 saturated carbocycles. The second-order valence-corrected chi connectivity index (χ2v) is 4.72. The van der Waals surface area contributed by atoms with Crippen LogP contribution in [0.4, 0.5) is 0 Å². The minimum absolute atomic E-state index is 0.234. The van der Waals surface area contributed by atoms with Gasteiger partial charge in [-0.25, -0.2) is 0 Å². The van der Waals surface area contributed by atoms with Gasteiger partial charge in [-0.1, -0.05) is 48.0 Å². The third-order valence-electron chi connectivity index (χ3n) is 2.98. The third-order valence-corrected chi connectivity index (χ3v) is 3.33. The van der Waals surface area contributed by atoms with Crippen molar-refractivity contribution in [2.75, 3.05) is 19.8 Å². The van der Waals surface area contributed by atoms with Crippen LogP contribution in [0, 0.1) is 5.92 Å². The normalized spacial score (nSPS) is 21.9. The standard InChI is InChI=1S/C15H17ClO2/c1-2-13-9-18-10-14(13)15(16)11-17-8-12-6-4-3-5-7-12/h2-7,13H,1,8-11H2/b15-14-. The average Bonchev–Trinajstić information content (AvgIpc) is 2.88. The van der Waals surface area contributed by atoms with Gasteiger partial charge in [-0.2, -0.15) is 0 Å². The van der Waals surface area contributed by atoms with Gasteiger partial charge in [-0.3, -0.25) is 0 Å². The zero-order valence-corrected chi connectivity index (χ0v) is 11.0. The Balaban J connectivity index is 1.86. The summed E-state index contributed by atoms with van der Waals surface area (Å²) in [6.07, 6.45) is 1.88. The van der Waals surface area contributed by atoms with E-state index in [9.17, 15) is 0 Å². The van der Waals surface area contributed by atoms with Gasteiger partial charge in [0.2, 0.25) is 0 Å². The summed E-state index contributed by atoms with van der Waals surface area (Å²) in [5, 5.41) is 0.744. The molecule has 1 heterocycles. The van der Waals surface area contributed by atoms with Gasteiger partial charge in [-0.15, -0.1) is 6.58 Å². The monoisotopic (exact) mass is 264 g/mol. The fourth-order valence-corrected chi connectivity index (χ4v) is 2.19. The third kappa shape index (κ3) is 3.45. The van der Waals surface area contributed by atoms with Crippen molar-refractivity contribution in [3.63, 3.8) is 0 Å². The first-order valence-corrected chi connectivity index (χ1v) is 6.38. The highest BCUT2D eigenvalue weighted by molar-refractivity contribution is 6.30. The molecule has 0 spiro atoms. The molecule has 1 aliphatic rings. The first kappa shape index (κ1) is 13.3. The smallest absolute Gasteiger partial charge is 0.0828 e. The van der Waals surface area contributed by atoms with Gasteiger partial charge >= 0.3 is 0 Å². The fourth-order valence-electron chi connectivity index (χ4n) is 1.92. The van der Waals surface area contributed by atoms with E-state index in [1.165, 1.54) is 0 Å². The van der Waals surface area contributed by atoms with Crippen molar-refractivity contribution in [1.29, 1.82) is 0 Å². The predicted molar refractivity (Wildman–Crippen MR) is 73.5 cm³/mol. The van der Waals surface area contributed by atoms with Crippen LogP contribution < -0.4 is 0 Å². The highest BCUT2D eigenvalue weighted by atomic mass is 35.5. The summed E-state index contributed by atoms with van der Waals surface area (Å²) >= 11 is 6.25. The van der Waals surface area contributed by atoms with E-state index in [4.69, 9.17) is 21.1 Å². The van der Waals surface area contributed by atoms with Gasteiger partial charge in [0.15, 0.2) is 0 Å². The Bertz CT molecular complexity index is 425. The lowest BCUT2D eigenvalue weighted by Gasteiger charge is -2.09. The number of hydrogen-bond acceptors (Lipinski definition) is 2. The van der Waals surface area contributed by atoms with Gasteiger partial charge in [-0.05, 0) is 11.1 Å². The predicted octanol–water partition coefficient (Wildman–Crippen LogP) is 3.53. The molecule has 2 nitrogen and oxygen atoms in total. The molecule has 1 aliphatic heterocycles. The molecule has 1 atom stereocenters. The summed E-state index contributed by atoms with van der Waals surface area (Å²) in [5.74, 6) is 0.234. The molecule has 0 amide bonds. The van der Waals surface area contributed by atoms with Gasteiger partial charge in [0, 0.05) is 11.0 Å². The van der Waals surface area contributed by atoms with Crippen LogP contribution in [-0.2, 0) is 16.1 Å². The van der Waals surface area contributed by atoms with E-state index in [-0.39, 0.29) is 5.92 Å². The van der Waals surface area contributed by atoms with Crippen LogP contribution in [0.1, 0.15) is 5.56 Å². The molecule has 0 aliphatic carbocycles. The lowest BCUT2D eigenvalue weighted by Crippen LogP contribution is -2.03. The van der Waals surface area contributed by atoms with E-state index in [0.717, 1.165) is 16.2 Å². The van der Waals surface area contributed by atoms with E-state index in [0.29, 0.717) is 26.4 Å². The number of benzene rings is 1. The summed E-state index contributed by atoms with van der Waals surface area (Å²) in [6.45, 7) is 6.05. The molecule has 0 bridgehead atoms. The quantitative estimate of drug-likeness (QED) is 0.758. The van der Waals surface area contributed by atoms with Gasteiger partial charge < -0.3 is 9.47 Å². The van der Waals surface area contributed by atoms with Crippen LogP contribution in [0.5, 0.6) is 0 Å². The highest BCUT2D eigenvalue weighted by Gasteiger charge is 2.21. The Morgan fingerprint density at radius 2 is 2.22 bits per heavy atom. The van der Waals surface area contributed by atoms with Crippen LogP contribution in [0.3, 0.4) is 0 Å². The maximum atomic E-state index is 6.25. The topological polar surface area (TPSA) is 18.5 Å². The Kier molecular flexibility index (Phi) is 5.00. The van der Waals surface area contributed by atoms with E-state index >= 15 is 0 Å². The van der Waals surface area contributed by atoms with Crippen LogP contribution in [-0.4, -0.2) is 19.8 Å². The van der Waals surface area contributed by atoms with Crippen LogP contribution in [0.2, 0.25) is 0 Å². The zero-order chi connectivity index (χ0) is 12.8. The number of ether oxygens (including phenoxy) is 2. The van der Waals surface area contributed by atoms with E-state index < -0.39 is 0 Å².